The maximum atomic E-state index is 12.9. The van der Waals surface area contributed by atoms with E-state index in [9.17, 15) is 9.59 Å². The zero-order chi connectivity index (χ0) is 23.5. The molecule has 2 amide bonds. The van der Waals surface area contributed by atoms with Crippen molar-refractivity contribution in [2.75, 3.05) is 10.6 Å². The lowest BCUT2D eigenvalue weighted by molar-refractivity contribution is -0.122. The number of nitrogens with one attached hydrogen (secondary N) is 2. The number of hydrogen-bond donors (Lipinski definition) is 2. The molecule has 3 rings (SSSR count). The van der Waals surface area contributed by atoms with Crippen molar-refractivity contribution >= 4 is 23.7 Å². The average Bonchev–Trinajstić information content (AvgIpc) is 3.25. The van der Waals surface area contributed by atoms with Crippen molar-refractivity contribution in [3.8, 4) is 0 Å². The van der Waals surface area contributed by atoms with Crippen molar-refractivity contribution < 1.29 is 9.59 Å². The summed E-state index contributed by atoms with van der Waals surface area (Å²) in [6, 6.07) is 0. The molecule has 176 valence electrons. The maximum Gasteiger partial charge on any atom is 0.227 e. The van der Waals surface area contributed by atoms with E-state index in [1.807, 2.05) is 27.7 Å². The van der Waals surface area contributed by atoms with Gasteiger partial charge in [0.15, 0.2) is 11.6 Å². The van der Waals surface area contributed by atoms with Crippen LogP contribution in [-0.2, 0) is 23.7 Å². The van der Waals surface area contributed by atoms with Gasteiger partial charge >= 0.3 is 0 Å². The number of carbonyl (C=O) groups excluding carboxylic acids is 2. The first-order valence-electron chi connectivity index (χ1n) is 11.5. The molecule has 0 aromatic carbocycles. The molecule has 2 aromatic rings. The summed E-state index contributed by atoms with van der Waals surface area (Å²) in [5.41, 5.74) is -0.370. The summed E-state index contributed by atoms with van der Waals surface area (Å²) < 4.78 is 3.18. The van der Waals surface area contributed by atoms with Gasteiger partial charge in [0.1, 0.15) is 0 Å². The Morgan fingerprint density at radius 1 is 0.812 bits per heavy atom. The summed E-state index contributed by atoms with van der Waals surface area (Å²) in [7, 11) is 3.54. The van der Waals surface area contributed by atoms with Gasteiger partial charge in [0, 0.05) is 38.8 Å². The maximum absolute atomic E-state index is 12.9. The molecule has 32 heavy (non-hydrogen) atoms. The van der Waals surface area contributed by atoms with Gasteiger partial charge in [-0.25, -0.2) is 9.36 Å². The summed E-state index contributed by atoms with van der Waals surface area (Å²) in [4.78, 5) is 34.7. The summed E-state index contributed by atoms with van der Waals surface area (Å²) in [5, 5.41) is 14.5. The molecule has 2 heterocycles. The third-order valence-corrected chi connectivity index (χ3v) is 6.08. The molecule has 0 unspecified atom stereocenters. The predicted molar refractivity (Wildman–Crippen MR) is 122 cm³/mol. The number of aryl methyl sites for hydroxylation is 2. The molecule has 0 spiro atoms. The van der Waals surface area contributed by atoms with Crippen LogP contribution in [0.5, 0.6) is 0 Å². The Bertz CT molecular complexity index is 883. The predicted octanol–water partition coefficient (Wildman–Crippen LogP) is 3.50. The first-order valence-corrected chi connectivity index (χ1v) is 11.5. The first kappa shape index (κ1) is 23.9. The summed E-state index contributed by atoms with van der Waals surface area (Å²) >= 11 is 0. The van der Waals surface area contributed by atoms with Crippen LogP contribution in [-0.4, -0.2) is 41.3 Å². The average molecular weight is 445 g/mol. The second-order valence-electron chi connectivity index (χ2n) is 9.65. The Morgan fingerprint density at radius 2 is 1.22 bits per heavy atom. The van der Waals surface area contributed by atoms with E-state index in [0.29, 0.717) is 23.5 Å². The van der Waals surface area contributed by atoms with Gasteiger partial charge in [-0.2, -0.15) is 20.2 Å². The van der Waals surface area contributed by atoms with E-state index in [1.165, 1.54) is 0 Å². The fourth-order valence-electron chi connectivity index (χ4n) is 4.25. The van der Waals surface area contributed by atoms with Gasteiger partial charge in [-0.15, -0.1) is 0 Å². The van der Waals surface area contributed by atoms with E-state index >= 15 is 0 Å². The zero-order valence-corrected chi connectivity index (χ0v) is 20.1. The van der Waals surface area contributed by atoms with Crippen molar-refractivity contribution in [3.63, 3.8) is 0 Å². The monoisotopic (exact) mass is 444 g/mol. The van der Waals surface area contributed by atoms with Crippen LogP contribution < -0.4 is 10.6 Å². The molecule has 10 heteroatoms. The van der Waals surface area contributed by atoms with Crippen LogP contribution in [0.2, 0.25) is 0 Å². The fourth-order valence-corrected chi connectivity index (χ4v) is 4.25. The molecule has 1 aliphatic carbocycles. The smallest absolute Gasteiger partial charge is 0.227 e. The number of amides is 2. The number of aromatic nitrogens is 6. The lowest BCUT2D eigenvalue weighted by Crippen LogP contribution is -2.34. The number of rotatable bonds is 8. The van der Waals surface area contributed by atoms with Gasteiger partial charge in [0.25, 0.3) is 0 Å². The van der Waals surface area contributed by atoms with E-state index in [1.54, 1.807) is 23.5 Å². The number of anilines is 2. The third-order valence-electron chi connectivity index (χ3n) is 6.08. The quantitative estimate of drug-likeness (QED) is 0.643. The van der Waals surface area contributed by atoms with E-state index in [-0.39, 0.29) is 41.9 Å². The van der Waals surface area contributed by atoms with Crippen molar-refractivity contribution in [1.82, 2.24) is 29.5 Å². The van der Waals surface area contributed by atoms with E-state index < -0.39 is 0 Å². The van der Waals surface area contributed by atoms with Gasteiger partial charge in [0.2, 0.25) is 23.7 Å². The number of hydrogen-bond acceptors (Lipinski definition) is 6. The Balaban J connectivity index is 1.68. The normalized spacial score (nSPS) is 15.9. The molecule has 2 aromatic heterocycles. The molecular formula is C22H36N8O2. The molecular weight excluding hydrogens is 408 g/mol. The highest BCUT2D eigenvalue weighted by Gasteiger charge is 2.37. The highest BCUT2D eigenvalue weighted by Crippen LogP contribution is 2.42. The Morgan fingerprint density at radius 3 is 1.56 bits per heavy atom. The molecule has 2 N–H and O–H groups in total. The molecule has 1 saturated carbocycles. The SMILES string of the molecule is CC(C)c1nc(NC(=O)CC2(CC(=O)Nc3nc(C(C)C)nn3C)CCCCC2)n(C)n1. The molecule has 0 atom stereocenters. The van der Waals surface area contributed by atoms with E-state index in [0.717, 1.165) is 32.1 Å². The van der Waals surface area contributed by atoms with Crippen LogP contribution >= 0.6 is 0 Å². The second-order valence-corrected chi connectivity index (χ2v) is 9.65. The van der Waals surface area contributed by atoms with Crippen LogP contribution in [0.15, 0.2) is 0 Å². The minimum Gasteiger partial charge on any atom is -0.295 e. The topological polar surface area (TPSA) is 120 Å². The third kappa shape index (κ3) is 5.72. The van der Waals surface area contributed by atoms with Gasteiger partial charge in [-0.3, -0.25) is 20.2 Å². The summed E-state index contributed by atoms with van der Waals surface area (Å²) in [5.74, 6) is 2.36. The van der Waals surface area contributed by atoms with Gasteiger partial charge in [0.05, 0.1) is 0 Å². The van der Waals surface area contributed by atoms with Crippen LogP contribution in [0, 0.1) is 5.41 Å². The lowest BCUT2D eigenvalue weighted by atomic mass is 9.69. The second kappa shape index (κ2) is 9.79. The van der Waals surface area contributed by atoms with Crippen LogP contribution in [0.3, 0.4) is 0 Å². The molecule has 0 radical (unpaired) electrons. The van der Waals surface area contributed by atoms with Crippen molar-refractivity contribution in [2.45, 2.75) is 84.5 Å². The van der Waals surface area contributed by atoms with Crippen molar-refractivity contribution in [1.29, 1.82) is 0 Å². The largest absolute Gasteiger partial charge is 0.295 e. The number of nitrogens with zero attached hydrogens (tertiary/aromatic N) is 6. The molecule has 10 nitrogen and oxygen atoms in total. The minimum atomic E-state index is -0.370. The van der Waals surface area contributed by atoms with Crippen molar-refractivity contribution in [3.05, 3.63) is 11.6 Å². The molecule has 0 aliphatic heterocycles. The molecule has 0 bridgehead atoms. The Hall–Kier alpha value is -2.78. The minimum absolute atomic E-state index is 0.133. The van der Waals surface area contributed by atoms with Crippen LogP contribution in [0.25, 0.3) is 0 Å². The highest BCUT2D eigenvalue weighted by atomic mass is 16.2. The van der Waals surface area contributed by atoms with Gasteiger partial charge in [-0.05, 0) is 18.3 Å². The standard InChI is InChI=1S/C22H36N8O2/c1-14(2)18-25-20(29(5)27-18)23-16(31)12-22(10-8-7-9-11-22)13-17(32)24-21-26-19(15(3)4)28-30(21)6/h14-15H,7-13H2,1-6H3,(H,23,25,27,31)(H,24,26,28,32). The van der Waals surface area contributed by atoms with Gasteiger partial charge in [-0.1, -0.05) is 47.0 Å². The zero-order valence-electron chi connectivity index (χ0n) is 20.1. The first-order chi connectivity index (χ1) is 15.1. The van der Waals surface area contributed by atoms with Crippen LogP contribution in [0.1, 0.15) is 96.1 Å². The Labute approximate surface area is 189 Å². The van der Waals surface area contributed by atoms with E-state index in [4.69, 9.17) is 0 Å². The molecule has 1 fully saturated rings. The fraction of sp³-hybridized carbons (Fsp3) is 0.727. The summed E-state index contributed by atoms with van der Waals surface area (Å²) in [6.45, 7) is 8.05. The lowest BCUT2D eigenvalue weighted by Gasteiger charge is -2.36. The number of carbonyl (C=O) groups is 2. The molecule has 0 saturated heterocycles. The summed E-state index contributed by atoms with van der Waals surface area (Å²) in [6.07, 6.45) is 5.42. The van der Waals surface area contributed by atoms with E-state index in [2.05, 4.69) is 30.8 Å². The van der Waals surface area contributed by atoms with Gasteiger partial charge < -0.3 is 0 Å². The Kier molecular flexibility index (Phi) is 7.30. The van der Waals surface area contributed by atoms with Crippen molar-refractivity contribution in [2.24, 2.45) is 19.5 Å². The molecule has 1 aliphatic rings. The van der Waals surface area contributed by atoms with Crippen LogP contribution in [0.4, 0.5) is 11.9 Å². The highest BCUT2D eigenvalue weighted by molar-refractivity contribution is 5.92.